The SMILES string of the molecule is CCCSc1cc(C=NO)nc2c1ccc1cccnc12.CCOc1cc(C=O)nc2c1ccc1cccnc12. The van der Waals surface area contributed by atoms with Gasteiger partial charge in [-0.05, 0) is 43.4 Å². The molecule has 0 aliphatic heterocycles. The molecule has 4 aromatic heterocycles. The second kappa shape index (κ2) is 12.5. The average molecular weight is 550 g/mol. The highest BCUT2D eigenvalue weighted by molar-refractivity contribution is 7.99. The lowest BCUT2D eigenvalue weighted by Gasteiger charge is -2.09. The molecule has 0 fully saturated rings. The van der Waals surface area contributed by atoms with E-state index in [0.717, 1.165) is 61.5 Å². The Labute approximate surface area is 235 Å². The van der Waals surface area contributed by atoms with E-state index in [9.17, 15) is 4.79 Å². The van der Waals surface area contributed by atoms with Crippen LogP contribution in [0.1, 0.15) is 36.5 Å². The van der Waals surface area contributed by atoms with Gasteiger partial charge in [-0.25, -0.2) is 9.97 Å². The number of rotatable bonds is 7. The molecule has 8 nitrogen and oxygen atoms in total. The van der Waals surface area contributed by atoms with Gasteiger partial charge in [-0.2, -0.15) is 0 Å². The molecule has 2 aromatic carbocycles. The Kier molecular flexibility index (Phi) is 8.41. The Hall–Kier alpha value is -4.63. The number of pyridine rings is 4. The number of carbonyl (C=O) groups is 1. The molecule has 0 saturated heterocycles. The molecule has 0 unspecified atom stereocenters. The fraction of sp³-hybridized carbons (Fsp3) is 0.161. The number of fused-ring (bicyclic) bond motifs is 6. The lowest BCUT2D eigenvalue weighted by atomic mass is 10.1. The molecule has 0 bridgehead atoms. The minimum Gasteiger partial charge on any atom is -0.493 e. The van der Waals surface area contributed by atoms with E-state index in [0.29, 0.717) is 29.3 Å². The van der Waals surface area contributed by atoms with Gasteiger partial charge < -0.3 is 9.94 Å². The van der Waals surface area contributed by atoms with Crippen LogP contribution in [0.15, 0.2) is 83.1 Å². The van der Waals surface area contributed by atoms with Crippen LogP contribution in [-0.2, 0) is 0 Å². The fourth-order valence-electron chi connectivity index (χ4n) is 4.42. The topological polar surface area (TPSA) is 110 Å². The van der Waals surface area contributed by atoms with Gasteiger partial charge in [0.2, 0.25) is 0 Å². The van der Waals surface area contributed by atoms with Gasteiger partial charge in [-0.15, -0.1) is 11.8 Å². The summed E-state index contributed by atoms with van der Waals surface area (Å²) < 4.78 is 5.58. The number of nitrogens with zero attached hydrogens (tertiary/aromatic N) is 5. The maximum Gasteiger partial charge on any atom is 0.168 e. The third-order valence-electron chi connectivity index (χ3n) is 6.14. The number of benzene rings is 2. The first-order valence-corrected chi connectivity index (χ1v) is 13.9. The van der Waals surface area contributed by atoms with Crippen LogP contribution < -0.4 is 4.74 Å². The standard InChI is InChI=1S/C16H15N3OS.C15H12N2O2/c1-2-8-21-14-9-12(10-18-20)19-16-13(14)6-5-11-4-3-7-17-15(11)16;1-2-19-13-8-11(9-18)17-15-12(13)6-5-10-4-3-7-16-14(10)15/h3-7,9-10,20H,2,8H2,1H3;3-9H,2H2,1H3. The van der Waals surface area contributed by atoms with E-state index in [4.69, 9.17) is 9.94 Å². The Bertz CT molecular complexity index is 1860. The van der Waals surface area contributed by atoms with E-state index in [1.54, 1.807) is 30.2 Å². The summed E-state index contributed by atoms with van der Waals surface area (Å²) in [6.45, 7) is 4.60. The van der Waals surface area contributed by atoms with Crippen LogP contribution in [0, 0.1) is 0 Å². The van der Waals surface area contributed by atoms with Gasteiger partial charge in [0, 0.05) is 44.9 Å². The number of thioether (sulfide) groups is 1. The first-order valence-electron chi connectivity index (χ1n) is 12.9. The zero-order valence-corrected chi connectivity index (χ0v) is 22.9. The first kappa shape index (κ1) is 27.0. The van der Waals surface area contributed by atoms with Crippen LogP contribution in [0.2, 0.25) is 0 Å². The molecule has 0 spiro atoms. The van der Waals surface area contributed by atoms with Crippen molar-refractivity contribution in [2.75, 3.05) is 12.4 Å². The summed E-state index contributed by atoms with van der Waals surface area (Å²) >= 11 is 1.79. The smallest absolute Gasteiger partial charge is 0.168 e. The van der Waals surface area contributed by atoms with Gasteiger partial charge in [-0.3, -0.25) is 14.8 Å². The van der Waals surface area contributed by atoms with E-state index >= 15 is 0 Å². The van der Waals surface area contributed by atoms with Crippen molar-refractivity contribution in [3.05, 3.63) is 84.4 Å². The summed E-state index contributed by atoms with van der Waals surface area (Å²) in [5.41, 5.74) is 4.21. The predicted molar refractivity (Wildman–Crippen MR) is 161 cm³/mol. The van der Waals surface area contributed by atoms with E-state index in [2.05, 4.69) is 44.1 Å². The van der Waals surface area contributed by atoms with Crippen molar-refractivity contribution in [1.82, 2.24) is 19.9 Å². The minimum absolute atomic E-state index is 0.356. The molecule has 6 rings (SSSR count). The van der Waals surface area contributed by atoms with Crippen LogP contribution in [0.25, 0.3) is 43.6 Å². The molecule has 9 heteroatoms. The predicted octanol–water partition coefficient (Wildman–Crippen LogP) is 7.09. The summed E-state index contributed by atoms with van der Waals surface area (Å²) in [5.74, 6) is 1.71. The van der Waals surface area contributed by atoms with Crippen molar-refractivity contribution in [2.24, 2.45) is 5.16 Å². The van der Waals surface area contributed by atoms with Crippen molar-refractivity contribution >= 4 is 67.9 Å². The molecule has 0 radical (unpaired) electrons. The van der Waals surface area contributed by atoms with E-state index in [-0.39, 0.29) is 0 Å². The summed E-state index contributed by atoms with van der Waals surface area (Å²) in [6.07, 6.45) is 6.68. The Balaban J connectivity index is 0.000000162. The largest absolute Gasteiger partial charge is 0.493 e. The second-order valence-corrected chi connectivity index (χ2v) is 9.94. The molecule has 0 amide bonds. The Morgan fingerprint density at radius 1 is 0.850 bits per heavy atom. The summed E-state index contributed by atoms with van der Waals surface area (Å²) in [6, 6.07) is 19.5. The highest BCUT2D eigenvalue weighted by atomic mass is 32.2. The van der Waals surface area contributed by atoms with Gasteiger partial charge in [0.15, 0.2) is 6.29 Å². The van der Waals surface area contributed by atoms with Crippen LogP contribution in [-0.4, -0.2) is 50.0 Å². The van der Waals surface area contributed by atoms with Crippen LogP contribution >= 0.6 is 11.8 Å². The van der Waals surface area contributed by atoms with Crippen molar-refractivity contribution in [1.29, 1.82) is 0 Å². The number of oxime groups is 1. The summed E-state index contributed by atoms with van der Waals surface area (Å²) in [7, 11) is 0. The zero-order chi connectivity index (χ0) is 27.9. The molecule has 0 aliphatic carbocycles. The summed E-state index contributed by atoms with van der Waals surface area (Å²) in [4.78, 5) is 29.9. The van der Waals surface area contributed by atoms with Crippen molar-refractivity contribution in [3.63, 3.8) is 0 Å². The van der Waals surface area contributed by atoms with Gasteiger partial charge in [0.05, 0.1) is 35.1 Å². The molecule has 6 aromatic rings. The molecular weight excluding hydrogens is 522 g/mol. The maximum atomic E-state index is 11.0. The maximum absolute atomic E-state index is 11.0. The molecule has 200 valence electrons. The third-order valence-corrected chi connectivity index (χ3v) is 7.40. The molecule has 4 heterocycles. The number of hydrogen-bond acceptors (Lipinski definition) is 9. The Morgan fingerprint density at radius 2 is 1.50 bits per heavy atom. The molecule has 1 N–H and O–H groups in total. The average Bonchev–Trinajstić information content (AvgIpc) is 3.00. The van der Waals surface area contributed by atoms with E-state index in [1.807, 2.05) is 49.4 Å². The van der Waals surface area contributed by atoms with Crippen LogP contribution in [0.3, 0.4) is 0 Å². The highest BCUT2D eigenvalue weighted by Gasteiger charge is 2.11. The molecule has 0 atom stereocenters. The normalized spacial score (nSPS) is 11.2. The van der Waals surface area contributed by atoms with Gasteiger partial charge in [-0.1, -0.05) is 42.4 Å². The highest BCUT2D eigenvalue weighted by Crippen LogP contribution is 2.32. The Morgan fingerprint density at radius 3 is 2.12 bits per heavy atom. The monoisotopic (exact) mass is 549 g/mol. The number of carbonyl (C=O) groups excluding carboxylic acids is 1. The van der Waals surface area contributed by atoms with Crippen molar-refractivity contribution in [2.45, 2.75) is 25.2 Å². The van der Waals surface area contributed by atoms with Gasteiger partial charge >= 0.3 is 0 Å². The molecule has 0 saturated carbocycles. The van der Waals surface area contributed by atoms with Gasteiger partial charge in [0.1, 0.15) is 17.0 Å². The van der Waals surface area contributed by atoms with Gasteiger partial charge in [0.25, 0.3) is 0 Å². The number of aldehydes is 1. The quantitative estimate of drug-likeness (QED) is 0.0561. The lowest BCUT2D eigenvalue weighted by Crippen LogP contribution is -1.97. The molecule has 40 heavy (non-hydrogen) atoms. The third kappa shape index (κ3) is 5.55. The molecule has 0 aliphatic rings. The lowest BCUT2D eigenvalue weighted by molar-refractivity contribution is 0.111. The van der Waals surface area contributed by atoms with E-state index < -0.39 is 0 Å². The van der Waals surface area contributed by atoms with Crippen LogP contribution in [0.5, 0.6) is 5.75 Å². The number of ether oxygens (including phenoxy) is 1. The summed E-state index contributed by atoms with van der Waals surface area (Å²) in [5, 5.41) is 15.9. The zero-order valence-electron chi connectivity index (χ0n) is 22.1. The van der Waals surface area contributed by atoms with E-state index in [1.165, 1.54) is 6.21 Å². The van der Waals surface area contributed by atoms with Crippen molar-refractivity contribution < 1.29 is 14.7 Å². The van der Waals surface area contributed by atoms with Crippen molar-refractivity contribution in [3.8, 4) is 5.75 Å². The number of hydrogen-bond donors (Lipinski definition) is 1. The molecular formula is C31H27N5O3S. The minimum atomic E-state index is 0.356. The fourth-order valence-corrected chi connectivity index (χ4v) is 5.37. The first-order chi connectivity index (χ1) is 19.7. The second-order valence-electron chi connectivity index (χ2n) is 8.81. The van der Waals surface area contributed by atoms with Crippen LogP contribution in [0.4, 0.5) is 0 Å². The number of aromatic nitrogens is 4.